The first kappa shape index (κ1) is 15.6. The molecular formula is C16H19N7O2. The Bertz CT molecular complexity index is 769. The number of rotatable bonds is 3. The second-order valence-corrected chi connectivity index (χ2v) is 6.16. The van der Waals surface area contributed by atoms with Crippen molar-refractivity contribution in [1.29, 1.82) is 0 Å². The maximum Gasteiger partial charge on any atom is 0.245 e. The predicted molar refractivity (Wildman–Crippen MR) is 89.1 cm³/mol. The number of piperazine rings is 1. The third-order valence-electron chi connectivity index (χ3n) is 4.59. The Morgan fingerprint density at radius 3 is 2.64 bits per heavy atom. The Kier molecular flexibility index (Phi) is 4.04. The fourth-order valence-electron chi connectivity index (χ4n) is 3.22. The molecule has 4 rings (SSSR count). The summed E-state index contributed by atoms with van der Waals surface area (Å²) in [5.74, 6) is 1.51. The first-order chi connectivity index (χ1) is 12.2. The molecule has 0 aliphatic carbocycles. The van der Waals surface area contributed by atoms with Gasteiger partial charge in [0, 0.05) is 51.1 Å². The average Bonchev–Trinajstić information content (AvgIpc) is 3.33. The van der Waals surface area contributed by atoms with E-state index in [0.29, 0.717) is 44.8 Å². The molecule has 0 unspecified atom stereocenters. The van der Waals surface area contributed by atoms with Gasteiger partial charge in [0.2, 0.25) is 11.8 Å². The molecular weight excluding hydrogens is 322 g/mol. The number of hydrogen-bond acceptors (Lipinski definition) is 6. The van der Waals surface area contributed by atoms with Gasteiger partial charge in [0.25, 0.3) is 0 Å². The van der Waals surface area contributed by atoms with E-state index in [9.17, 15) is 9.59 Å². The Morgan fingerprint density at radius 2 is 1.96 bits per heavy atom. The molecule has 9 heteroatoms. The average molecular weight is 341 g/mol. The molecule has 9 nitrogen and oxygen atoms in total. The summed E-state index contributed by atoms with van der Waals surface area (Å²) in [6.07, 6.45) is 6.09. The highest BCUT2D eigenvalue weighted by Crippen LogP contribution is 2.17. The maximum absolute atomic E-state index is 12.5. The molecule has 2 aliphatic rings. The summed E-state index contributed by atoms with van der Waals surface area (Å²) in [7, 11) is 0. The third kappa shape index (κ3) is 3.17. The van der Waals surface area contributed by atoms with E-state index in [-0.39, 0.29) is 17.9 Å². The number of carbonyl (C=O) groups excluding carboxylic acids is 2. The van der Waals surface area contributed by atoms with E-state index in [1.54, 1.807) is 10.9 Å². The SMILES string of the molecule is O=C1CC[C@H](C(=O)N2CCN(c3cc(-n4cccn4)ncn3)CC2)N1. The largest absolute Gasteiger partial charge is 0.353 e. The molecule has 2 saturated heterocycles. The third-order valence-corrected chi connectivity index (χ3v) is 4.59. The van der Waals surface area contributed by atoms with Gasteiger partial charge in [-0.05, 0) is 12.5 Å². The fraction of sp³-hybridized carbons (Fsp3) is 0.438. The van der Waals surface area contributed by atoms with E-state index in [1.807, 2.05) is 23.2 Å². The van der Waals surface area contributed by atoms with E-state index >= 15 is 0 Å². The number of anilines is 1. The molecule has 2 fully saturated rings. The summed E-state index contributed by atoms with van der Waals surface area (Å²) >= 11 is 0. The van der Waals surface area contributed by atoms with Crippen LogP contribution in [0.5, 0.6) is 0 Å². The van der Waals surface area contributed by atoms with Gasteiger partial charge in [-0.15, -0.1) is 0 Å². The highest BCUT2D eigenvalue weighted by Gasteiger charge is 2.32. The number of nitrogens with zero attached hydrogens (tertiary/aromatic N) is 6. The molecule has 0 saturated carbocycles. The van der Waals surface area contributed by atoms with Gasteiger partial charge in [0.1, 0.15) is 18.2 Å². The first-order valence-corrected chi connectivity index (χ1v) is 8.36. The van der Waals surface area contributed by atoms with Crippen LogP contribution in [0.25, 0.3) is 5.82 Å². The zero-order chi connectivity index (χ0) is 17.2. The van der Waals surface area contributed by atoms with E-state index in [1.165, 1.54) is 6.33 Å². The van der Waals surface area contributed by atoms with Crippen molar-refractivity contribution in [2.45, 2.75) is 18.9 Å². The highest BCUT2D eigenvalue weighted by atomic mass is 16.2. The number of carbonyl (C=O) groups is 2. The summed E-state index contributed by atoms with van der Waals surface area (Å²) in [5.41, 5.74) is 0. The lowest BCUT2D eigenvalue weighted by Crippen LogP contribution is -2.53. The smallest absolute Gasteiger partial charge is 0.245 e. The Hall–Kier alpha value is -2.97. The molecule has 0 spiro atoms. The summed E-state index contributed by atoms with van der Waals surface area (Å²) in [5, 5.41) is 6.92. The molecule has 0 aromatic carbocycles. The van der Waals surface area contributed by atoms with Gasteiger partial charge >= 0.3 is 0 Å². The number of aromatic nitrogens is 4. The van der Waals surface area contributed by atoms with Crippen molar-refractivity contribution in [2.75, 3.05) is 31.1 Å². The Labute approximate surface area is 144 Å². The highest BCUT2D eigenvalue weighted by molar-refractivity contribution is 5.90. The zero-order valence-corrected chi connectivity index (χ0v) is 13.7. The van der Waals surface area contributed by atoms with Crippen LogP contribution in [0, 0.1) is 0 Å². The van der Waals surface area contributed by atoms with E-state index < -0.39 is 0 Å². The van der Waals surface area contributed by atoms with Crippen molar-refractivity contribution in [3.8, 4) is 5.82 Å². The van der Waals surface area contributed by atoms with Crippen LogP contribution in [0.3, 0.4) is 0 Å². The van der Waals surface area contributed by atoms with Gasteiger partial charge in [-0.3, -0.25) is 9.59 Å². The van der Waals surface area contributed by atoms with Gasteiger partial charge in [0.15, 0.2) is 5.82 Å². The van der Waals surface area contributed by atoms with Crippen molar-refractivity contribution >= 4 is 17.6 Å². The van der Waals surface area contributed by atoms with Gasteiger partial charge in [0.05, 0.1) is 0 Å². The van der Waals surface area contributed by atoms with Crippen molar-refractivity contribution in [2.24, 2.45) is 0 Å². The molecule has 4 heterocycles. The molecule has 0 radical (unpaired) electrons. The maximum atomic E-state index is 12.5. The van der Waals surface area contributed by atoms with Gasteiger partial charge in [-0.2, -0.15) is 5.10 Å². The van der Waals surface area contributed by atoms with Crippen molar-refractivity contribution in [3.63, 3.8) is 0 Å². The minimum absolute atomic E-state index is 0.0189. The van der Waals surface area contributed by atoms with Crippen LogP contribution < -0.4 is 10.2 Å². The Balaban J connectivity index is 1.40. The zero-order valence-electron chi connectivity index (χ0n) is 13.7. The summed E-state index contributed by atoms with van der Waals surface area (Å²) in [6, 6.07) is 3.37. The van der Waals surface area contributed by atoms with Gasteiger partial charge in [-0.1, -0.05) is 0 Å². The molecule has 2 aromatic rings. The summed E-state index contributed by atoms with van der Waals surface area (Å²) in [6.45, 7) is 2.63. The number of amides is 2. The lowest BCUT2D eigenvalue weighted by Gasteiger charge is -2.36. The van der Waals surface area contributed by atoms with Crippen LogP contribution in [0.4, 0.5) is 5.82 Å². The molecule has 2 aliphatic heterocycles. The standard InChI is InChI=1S/C16H19N7O2/c24-15-3-2-12(20-15)16(25)22-8-6-21(7-9-22)13-10-14(18-11-17-13)23-5-1-4-19-23/h1,4-5,10-12H,2-3,6-9H2,(H,20,24)/t12-/m1/s1. The minimum Gasteiger partial charge on any atom is -0.353 e. The van der Waals surface area contributed by atoms with Crippen LogP contribution in [0.1, 0.15) is 12.8 Å². The normalized spacial score (nSPS) is 20.6. The molecule has 2 amide bonds. The number of nitrogens with one attached hydrogen (secondary N) is 1. The van der Waals surface area contributed by atoms with Crippen molar-refractivity contribution in [3.05, 3.63) is 30.9 Å². The second-order valence-electron chi connectivity index (χ2n) is 6.16. The molecule has 1 atom stereocenters. The summed E-state index contributed by atoms with van der Waals surface area (Å²) < 4.78 is 1.69. The van der Waals surface area contributed by atoms with Crippen LogP contribution in [0.15, 0.2) is 30.9 Å². The lowest BCUT2D eigenvalue weighted by atomic mass is 10.2. The van der Waals surface area contributed by atoms with Crippen LogP contribution in [0.2, 0.25) is 0 Å². The first-order valence-electron chi connectivity index (χ1n) is 8.36. The van der Waals surface area contributed by atoms with Gasteiger partial charge in [-0.25, -0.2) is 14.6 Å². The van der Waals surface area contributed by atoms with E-state index in [4.69, 9.17) is 0 Å². The fourth-order valence-corrected chi connectivity index (χ4v) is 3.22. The van der Waals surface area contributed by atoms with Crippen LogP contribution in [-0.2, 0) is 9.59 Å². The predicted octanol–water partition coefficient (Wildman–Crippen LogP) is -0.410. The Morgan fingerprint density at radius 1 is 1.16 bits per heavy atom. The van der Waals surface area contributed by atoms with Crippen LogP contribution in [-0.4, -0.2) is 68.7 Å². The topological polar surface area (TPSA) is 96.3 Å². The molecule has 130 valence electrons. The van der Waals surface area contributed by atoms with Crippen LogP contribution >= 0.6 is 0 Å². The van der Waals surface area contributed by atoms with E-state index in [0.717, 1.165) is 5.82 Å². The lowest BCUT2D eigenvalue weighted by molar-refractivity contribution is -0.134. The van der Waals surface area contributed by atoms with E-state index in [2.05, 4.69) is 25.3 Å². The molecule has 1 N–H and O–H groups in total. The minimum atomic E-state index is -0.357. The summed E-state index contributed by atoms with van der Waals surface area (Å²) in [4.78, 5) is 36.3. The van der Waals surface area contributed by atoms with Crippen molar-refractivity contribution in [1.82, 2.24) is 30.0 Å². The molecule has 2 aromatic heterocycles. The number of hydrogen-bond donors (Lipinski definition) is 1. The molecule has 0 bridgehead atoms. The van der Waals surface area contributed by atoms with Gasteiger partial charge < -0.3 is 15.1 Å². The second kappa shape index (κ2) is 6.50. The molecule has 25 heavy (non-hydrogen) atoms. The quantitative estimate of drug-likeness (QED) is 0.815. The monoisotopic (exact) mass is 341 g/mol. The van der Waals surface area contributed by atoms with Crippen molar-refractivity contribution < 1.29 is 9.59 Å².